The number of fused-ring (bicyclic) bond motifs is 1. The summed E-state index contributed by atoms with van der Waals surface area (Å²) < 4.78 is 11.5. The lowest BCUT2D eigenvalue weighted by Gasteiger charge is -2.12. The van der Waals surface area contributed by atoms with Crippen molar-refractivity contribution in [3.63, 3.8) is 0 Å². The van der Waals surface area contributed by atoms with Gasteiger partial charge in [0, 0.05) is 4.47 Å². The van der Waals surface area contributed by atoms with Crippen LogP contribution in [0.1, 0.15) is 17.2 Å². The molecule has 0 radical (unpaired) electrons. The van der Waals surface area contributed by atoms with Crippen molar-refractivity contribution in [2.45, 2.75) is 6.10 Å². The van der Waals surface area contributed by atoms with Gasteiger partial charge in [0.1, 0.15) is 6.10 Å². The van der Waals surface area contributed by atoms with Crippen LogP contribution in [0.5, 0.6) is 11.5 Å². The van der Waals surface area contributed by atoms with Gasteiger partial charge in [-0.1, -0.05) is 34.1 Å². The van der Waals surface area contributed by atoms with E-state index < -0.39 is 6.10 Å². The molecule has 0 fully saturated rings. The van der Waals surface area contributed by atoms with E-state index in [-0.39, 0.29) is 6.79 Å². The topological polar surface area (TPSA) is 38.7 Å². The first-order valence-electron chi connectivity index (χ1n) is 5.57. The molecule has 1 N–H and O–H groups in total. The number of hydrogen-bond acceptors (Lipinski definition) is 3. The van der Waals surface area contributed by atoms with Crippen LogP contribution in [0.2, 0.25) is 0 Å². The van der Waals surface area contributed by atoms with Gasteiger partial charge < -0.3 is 14.6 Å². The molecule has 2 aromatic carbocycles. The zero-order valence-corrected chi connectivity index (χ0v) is 11.1. The first-order valence-corrected chi connectivity index (χ1v) is 6.36. The van der Waals surface area contributed by atoms with Gasteiger partial charge in [0.05, 0.1) is 0 Å². The molecule has 18 heavy (non-hydrogen) atoms. The van der Waals surface area contributed by atoms with Gasteiger partial charge in [0.25, 0.3) is 0 Å². The smallest absolute Gasteiger partial charge is 0.231 e. The van der Waals surface area contributed by atoms with Crippen LogP contribution in [-0.2, 0) is 0 Å². The van der Waals surface area contributed by atoms with Crippen LogP contribution in [0, 0.1) is 0 Å². The summed E-state index contributed by atoms with van der Waals surface area (Å²) in [5.74, 6) is 1.40. The molecule has 0 spiro atoms. The highest BCUT2D eigenvalue weighted by atomic mass is 79.9. The Balaban J connectivity index is 1.95. The second kappa shape index (κ2) is 4.63. The number of benzene rings is 2. The Labute approximate surface area is 113 Å². The van der Waals surface area contributed by atoms with Crippen molar-refractivity contribution in [3.8, 4) is 11.5 Å². The lowest BCUT2D eigenvalue weighted by Crippen LogP contribution is -1.99. The molecule has 1 aliphatic rings. The molecule has 4 heteroatoms. The van der Waals surface area contributed by atoms with Gasteiger partial charge in [-0.15, -0.1) is 0 Å². The Morgan fingerprint density at radius 2 is 1.78 bits per heavy atom. The van der Waals surface area contributed by atoms with E-state index in [0.29, 0.717) is 5.75 Å². The molecule has 0 unspecified atom stereocenters. The van der Waals surface area contributed by atoms with Crippen molar-refractivity contribution in [1.29, 1.82) is 0 Å². The van der Waals surface area contributed by atoms with Crippen LogP contribution in [0.25, 0.3) is 0 Å². The van der Waals surface area contributed by atoms with E-state index in [1.54, 1.807) is 0 Å². The van der Waals surface area contributed by atoms with E-state index in [1.165, 1.54) is 0 Å². The molecule has 3 nitrogen and oxygen atoms in total. The van der Waals surface area contributed by atoms with Gasteiger partial charge in [-0.3, -0.25) is 0 Å². The number of halogens is 1. The molecule has 0 aromatic heterocycles. The van der Waals surface area contributed by atoms with Crippen molar-refractivity contribution in [3.05, 3.63) is 58.1 Å². The lowest BCUT2D eigenvalue weighted by atomic mass is 10.0. The van der Waals surface area contributed by atoms with E-state index in [0.717, 1.165) is 21.3 Å². The molecule has 0 aliphatic carbocycles. The molecule has 3 rings (SSSR count). The van der Waals surface area contributed by atoms with Crippen molar-refractivity contribution >= 4 is 15.9 Å². The number of aliphatic hydroxyl groups excluding tert-OH is 1. The van der Waals surface area contributed by atoms with Crippen LogP contribution >= 0.6 is 15.9 Å². The molecule has 2 aromatic rings. The summed E-state index contributed by atoms with van der Waals surface area (Å²) in [4.78, 5) is 0. The van der Waals surface area contributed by atoms with Gasteiger partial charge >= 0.3 is 0 Å². The fraction of sp³-hybridized carbons (Fsp3) is 0.143. The molecule has 0 saturated carbocycles. The van der Waals surface area contributed by atoms with E-state index in [4.69, 9.17) is 9.47 Å². The molecule has 0 bridgehead atoms. The van der Waals surface area contributed by atoms with Crippen molar-refractivity contribution in [2.24, 2.45) is 0 Å². The van der Waals surface area contributed by atoms with Crippen LogP contribution in [0.4, 0.5) is 0 Å². The molecule has 1 aliphatic heterocycles. The molecular weight excluding hydrogens is 296 g/mol. The number of aliphatic hydroxyl groups is 1. The summed E-state index contributed by atoms with van der Waals surface area (Å²) in [7, 11) is 0. The minimum atomic E-state index is -0.669. The number of hydrogen-bond donors (Lipinski definition) is 1. The second-order valence-corrected chi connectivity index (χ2v) is 4.99. The Morgan fingerprint density at radius 3 is 2.61 bits per heavy atom. The Kier molecular flexibility index (Phi) is 2.97. The minimum Gasteiger partial charge on any atom is -0.454 e. The van der Waals surface area contributed by atoms with Crippen molar-refractivity contribution in [2.75, 3.05) is 6.79 Å². The third kappa shape index (κ3) is 2.09. The fourth-order valence-corrected chi connectivity index (χ4v) is 2.37. The van der Waals surface area contributed by atoms with E-state index >= 15 is 0 Å². The third-order valence-corrected chi connectivity index (χ3v) is 3.37. The maximum absolute atomic E-state index is 10.3. The molecule has 1 atom stereocenters. The SMILES string of the molecule is O[C@H](c1cccc(Br)c1)c1ccc2c(c1)OCO2. The fourth-order valence-electron chi connectivity index (χ4n) is 1.95. The van der Waals surface area contributed by atoms with E-state index in [2.05, 4.69) is 15.9 Å². The molecule has 92 valence electrons. The molecule has 0 saturated heterocycles. The maximum atomic E-state index is 10.3. The monoisotopic (exact) mass is 306 g/mol. The standard InChI is InChI=1S/C14H11BrO3/c15-11-3-1-2-9(6-11)14(16)10-4-5-12-13(7-10)18-8-17-12/h1-7,14,16H,8H2/t14-/m1/s1. The Morgan fingerprint density at radius 1 is 1.00 bits per heavy atom. The van der Waals surface area contributed by atoms with Gasteiger partial charge in [0.2, 0.25) is 6.79 Å². The third-order valence-electron chi connectivity index (χ3n) is 2.88. The normalized spacial score (nSPS) is 14.6. The average molecular weight is 307 g/mol. The predicted molar refractivity (Wildman–Crippen MR) is 70.8 cm³/mol. The zero-order chi connectivity index (χ0) is 12.5. The second-order valence-electron chi connectivity index (χ2n) is 4.07. The largest absolute Gasteiger partial charge is 0.454 e. The van der Waals surface area contributed by atoms with Crippen LogP contribution < -0.4 is 9.47 Å². The van der Waals surface area contributed by atoms with Crippen LogP contribution in [-0.4, -0.2) is 11.9 Å². The highest BCUT2D eigenvalue weighted by Gasteiger charge is 2.17. The predicted octanol–water partition coefficient (Wildman–Crippen LogP) is 3.26. The number of rotatable bonds is 2. The highest BCUT2D eigenvalue weighted by molar-refractivity contribution is 9.10. The maximum Gasteiger partial charge on any atom is 0.231 e. The lowest BCUT2D eigenvalue weighted by molar-refractivity contribution is 0.173. The van der Waals surface area contributed by atoms with Gasteiger partial charge in [-0.25, -0.2) is 0 Å². The molecule has 1 heterocycles. The zero-order valence-electron chi connectivity index (χ0n) is 9.47. The van der Waals surface area contributed by atoms with Gasteiger partial charge in [-0.05, 0) is 35.4 Å². The molecule has 0 amide bonds. The summed E-state index contributed by atoms with van der Waals surface area (Å²) in [5, 5.41) is 10.3. The Bertz CT molecular complexity index is 583. The number of ether oxygens (including phenoxy) is 2. The first kappa shape index (κ1) is 11.6. The summed E-state index contributed by atoms with van der Waals surface area (Å²) in [6.07, 6.45) is -0.669. The van der Waals surface area contributed by atoms with Gasteiger partial charge in [0.15, 0.2) is 11.5 Å². The quantitative estimate of drug-likeness (QED) is 0.925. The van der Waals surface area contributed by atoms with E-state index in [1.807, 2.05) is 42.5 Å². The first-order chi connectivity index (χ1) is 8.74. The van der Waals surface area contributed by atoms with Crippen LogP contribution in [0.3, 0.4) is 0 Å². The average Bonchev–Trinajstić information content (AvgIpc) is 2.85. The highest BCUT2D eigenvalue weighted by Crippen LogP contribution is 2.35. The summed E-state index contributed by atoms with van der Waals surface area (Å²) >= 11 is 3.40. The van der Waals surface area contributed by atoms with Crippen molar-refractivity contribution in [1.82, 2.24) is 0 Å². The van der Waals surface area contributed by atoms with E-state index in [9.17, 15) is 5.11 Å². The van der Waals surface area contributed by atoms with Gasteiger partial charge in [-0.2, -0.15) is 0 Å². The van der Waals surface area contributed by atoms with Crippen molar-refractivity contribution < 1.29 is 14.6 Å². The Hall–Kier alpha value is -1.52. The van der Waals surface area contributed by atoms with Crippen LogP contribution in [0.15, 0.2) is 46.9 Å². The minimum absolute atomic E-state index is 0.242. The molecular formula is C14H11BrO3. The summed E-state index contributed by atoms with van der Waals surface area (Å²) in [6, 6.07) is 13.1. The summed E-state index contributed by atoms with van der Waals surface area (Å²) in [6.45, 7) is 0.242. The summed E-state index contributed by atoms with van der Waals surface area (Å²) in [5.41, 5.74) is 1.63.